The van der Waals surface area contributed by atoms with Crippen LogP contribution in [-0.2, 0) is 5.54 Å². The molecule has 1 saturated heterocycles. The third-order valence-electron chi connectivity index (χ3n) is 6.25. The van der Waals surface area contributed by atoms with Crippen molar-refractivity contribution in [2.24, 2.45) is 11.5 Å². The highest BCUT2D eigenvalue weighted by Crippen LogP contribution is 2.38. The van der Waals surface area contributed by atoms with E-state index < -0.39 is 23.1 Å². The Bertz CT molecular complexity index is 1450. The molecule has 8 nitrogen and oxygen atoms in total. The molecule has 12 heteroatoms. The fourth-order valence-corrected chi connectivity index (χ4v) is 4.84. The van der Waals surface area contributed by atoms with Gasteiger partial charge in [-0.15, -0.1) is 0 Å². The van der Waals surface area contributed by atoms with Crippen molar-refractivity contribution in [2.45, 2.75) is 18.4 Å². The standard InChI is InChI=1S/C23H19Cl2F2N7O/c24-12-4-1-3-11(17(12)25)18-15-19(20(28)35)30-22(31-21(15)33-32-18)34-9-7-23(29,8-10-34)16-13(26)5-2-6-14(16)27/h1-6H,7-10,29H2,(H2,28,35)(H,30,31,32,33). The van der Waals surface area contributed by atoms with Gasteiger partial charge >= 0.3 is 0 Å². The van der Waals surface area contributed by atoms with Crippen LogP contribution in [0.2, 0.25) is 10.0 Å². The molecule has 1 amide bonds. The second-order valence-electron chi connectivity index (χ2n) is 8.37. The van der Waals surface area contributed by atoms with E-state index in [4.69, 9.17) is 34.7 Å². The van der Waals surface area contributed by atoms with Crippen LogP contribution in [0.15, 0.2) is 36.4 Å². The van der Waals surface area contributed by atoms with Gasteiger partial charge in [0.25, 0.3) is 5.91 Å². The Morgan fingerprint density at radius 3 is 2.37 bits per heavy atom. The van der Waals surface area contributed by atoms with Crippen LogP contribution in [0.5, 0.6) is 0 Å². The van der Waals surface area contributed by atoms with Crippen molar-refractivity contribution in [3.63, 3.8) is 0 Å². The maximum Gasteiger partial charge on any atom is 0.268 e. The Kier molecular flexibility index (Phi) is 5.82. The van der Waals surface area contributed by atoms with Crippen molar-refractivity contribution in [3.05, 3.63) is 69.3 Å². The first-order chi connectivity index (χ1) is 16.7. The number of carbonyl (C=O) groups is 1. The van der Waals surface area contributed by atoms with E-state index in [-0.39, 0.29) is 40.7 Å². The lowest BCUT2D eigenvalue weighted by Crippen LogP contribution is -2.49. The predicted octanol–water partition coefficient (Wildman–Crippen LogP) is 4.16. The van der Waals surface area contributed by atoms with Crippen molar-refractivity contribution in [3.8, 4) is 11.3 Å². The van der Waals surface area contributed by atoms with Crippen LogP contribution in [0.25, 0.3) is 22.3 Å². The molecule has 0 saturated carbocycles. The lowest BCUT2D eigenvalue weighted by Gasteiger charge is -2.39. The number of aromatic nitrogens is 4. The van der Waals surface area contributed by atoms with Crippen LogP contribution in [0.4, 0.5) is 14.7 Å². The lowest BCUT2D eigenvalue weighted by atomic mass is 9.81. The van der Waals surface area contributed by atoms with Gasteiger partial charge in [0, 0.05) is 24.2 Å². The van der Waals surface area contributed by atoms with Crippen LogP contribution in [0, 0.1) is 11.6 Å². The van der Waals surface area contributed by atoms with Gasteiger partial charge in [0.2, 0.25) is 5.95 Å². The van der Waals surface area contributed by atoms with Gasteiger partial charge in [0.1, 0.15) is 23.0 Å². The number of nitrogens with zero attached hydrogens (tertiary/aromatic N) is 4. The molecule has 0 bridgehead atoms. The number of fused-ring (bicyclic) bond motifs is 1. The van der Waals surface area contributed by atoms with Crippen molar-refractivity contribution >= 4 is 46.1 Å². The smallest absolute Gasteiger partial charge is 0.268 e. The van der Waals surface area contributed by atoms with Gasteiger partial charge in [0.05, 0.1) is 21.0 Å². The number of aromatic amines is 1. The van der Waals surface area contributed by atoms with Gasteiger partial charge in [-0.3, -0.25) is 9.89 Å². The zero-order valence-corrected chi connectivity index (χ0v) is 19.7. The van der Waals surface area contributed by atoms with Crippen molar-refractivity contribution in [1.29, 1.82) is 0 Å². The maximum atomic E-state index is 14.4. The number of carbonyl (C=O) groups excluding carboxylic acids is 1. The molecule has 2 aromatic heterocycles. The van der Waals surface area contributed by atoms with Gasteiger partial charge in [0.15, 0.2) is 5.65 Å². The number of piperidine rings is 1. The zero-order valence-electron chi connectivity index (χ0n) is 18.2. The Labute approximate surface area is 208 Å². The zero-order chi connectivity index (χ0) is 24.9. The average Bonchev–Trinajstić information content (AvgIpc) is 3.24. The molecular weight excluding hydrogens is 499 g/mol. The quantitative estimate of drug-likeness (QED) is 0.373. The first-order valence-electron chi connectivity index (χ1n) is 10.7. The normalized spacial score (nSPS) is 15.5. The highest BCUT2D eigenvalue weighted by molar-refractivity contribution is 6.43. The Morgan fingerprint density at radius 2 is 1.71 bits per heavy atom. The molecular formula is C23H19Cl2F2N7O. The van der Waals surface area contributed by atoms with Crippen LogP contribution in [-0.4, -0.2) is 39.2 Å². The van der Waals surface area contributed by atoms with Gasteiger partial charge in [-0.2, -0.15) is 10.1 Å². The Morgan fingerprint density at radius 1 is 1.06 bits per heavy atom. The topological polar surface area (TPSA) is 127 Å². The van der Waals surface area contributed by atoms with Gasteiger partial charge in [-0.1, -0.05) is 41.4 Å². The number of amides is 1. The largest absolute Gasteiger partial charge is 0.364 e. The van der Waals surface area contributed by atoms with E-state index in [9.17, 15) is 13.6 Å². The number of benzene rings is 2. The van der Waals surface area contributed by atoms with Crippen LogP contribution in [0.3, 0.4) is 0 Å². The fraction of sp³-hybridized carbons (Fsp3) is 0.217. The van der Waals surface area contributed by atoms with E-state index in [1.807, 2.05) is 0 Å². The second-order valence-corrected chi connectivity index (χ2v) is 9.16. The summed E-state index contributed by atoms with van der Waals surface area (Å²) in [5, 5.41) is 7.98. The summed E-state index contributed by atoms with van der Waals surface area (Å²) in [4.78, 5) is 23.1. The van der Waals surface area contributed by atoms with E-state index in [1.54, 1.807) is 23.1 Å². The minimum atomic E-state index is -1.19. The summed E-state index contributed by atoms with van der Waals surface area (Å²) in [6, 6.07) is 8.72. The van der Waals surface area contributed by atoms with Crippen molar-refractivity contribution in [2.75, 3.05) is 18.0 Å². The summed E-state index contributed by atoms with van der Waals surface area (Å²) < 4.78 is 28.7. The lowest BCUT2D eigenvalue weighted by molar-refractivity contribution is 0.0997. The molecule has 1 fully saturated rings. The van der Waals surface area contributed by atoms with Gasteiger partial charge in [-0.25, -0.2) is 13.8 Å². The maximum absolute atomic E-state index is 14.4. The number of halogens is 4. The number of rotatable bonds is 4. The molecule has 180 valence electrons. The SMILES string of the molecule is NC(=O)c1nc(N2CCC(N)(c3c(F)cccc3F)CC2)nc2[nH]nc(-c3cccc(Cl)c3Cl)c12. The molecule has 35 heavy (non-hydrogen) atoms. The van der Waals surface area contributed by atoms with E-state index in [0.717, 1.165) is 0 Å². The third-order valence-corrected chi connectivity index (χ3v) is 7.07. The number of nitrogens with one attached hydrogen (secondary N) is 1. The summed E-state index contributed by atoms with van der Waals surface area (Å²) in [7, 11) is 0. The average molecular weight is 518 g/mol. The van der Waals surface area contributed by atoms with E-state index in [1.165, 1.54) is 18.2 Å². The summed E-state index contributed by atoms with van der Waals surface area (Å²) in [6.45, 7) is 0.601. The Hall–Kier alpha value is -3.34. The third kappa shape index (κ3) is 3.97. The van der Waals surface area contributed by atoms with E-state index >= 15 is 0 Å². The van der Waals surface area contributed by atoms with E-state index in [0.29, 0.717) is 34.8 Å². The van der Waals surface area contributed by atoms with Gasteiger partial charge in [-0.05, 0) is 31.0 Å². The summed E-state index contributed by atoms with van der Waals surface area (Å²) in [6.07, 6.45) is 0.481. The van der Waals surface area contributed by atoms with Gasteiger partial charge < -0.3 is 16.4 Å². The number of H-pyrrole nitrogens is 1. The van der Waals surface area contributed by atoms with Crippen molar-refractivity contribution < 1.29 is 13.6 Å². The number of anilines is 1. The highest BCUT2D eigenvalue weighted by atomic mass is 35.5. The molecule has 5 N–H and O–H groups in total. The molecule has 0 aliphatic carbocycles. The molecule has 0 atom stereocenters. The predicted molar refractivity (Wildman–Crippen MR) is 129 cm³/mol. The number of nitrogens with two attached hydrogens (primary N) is 2. The molecule has 2 aromatic carbocycles. The van der Waals surface area contributed by atoms with Crippen LogP contribution < -0.4 is 16.4 Å². The first kappa shape index (κ1) is 23.4. The van der Waals surface area contributed by atoms with E-state index in [2.05, 4.69) is 20.2 Å². The number of primary amides is 1. The van der Waals surface area contributed by atoms with Crippen molar-refractivity contribution in [1.82, 2.24) is 20.2 Å². The fourth-order valence-electron chi connectivity index (χ4n) is 4.45. The monoisotopic (exact) mass is 517 g/mol. The Balaban J connectivity index is 1.51. The number of hydrogen-bond donors (Lipinski definition) is 3. The molecule has 3 heterocycles. The molecule has 0 spiro atoms. The summed E-state index contributed by atoms with van der Waals surface area (Å²) in [5.41, 5.74) is 11.8. The molecule has 0 unspecified atom stereocenters. The first-order valence-corrected chi connectivity index (χ1v) is 11.4. The summed E-state index contributed by atoms with van der Waals surface area (Å²) in [5.74, 6) is -1.92. The minimum absolute atomic E-state index is 0.0467. The molecule has 4 aromatic rings. The van der Waals surface area contributed by atoms with Crippen LogP contribution in [0.1, 0.15) is 28.9 Å². The molecule has 1 aliphatic heterocycles. The van der Waals surface area contributed by atoms with Crippen LogP contribution >= 0.6 is 23.2 Å². The highest BCUT2D eigenvalue weighted by Gasteiger charge is 2.37. The molecule has 0 radical (unpaired) electrons. The number of hydrogen-bond acceptors (Lipinski definition) is 6. The molecule has 1 aliphatic rings. The second kappa shape index (κ2) is 8.71. The summed E-state index contributed by atoms with van der Waals surface area (Å²) >= 11 is 12.5. The minimum Gasteiger partial charge on any atom is -0.364 e. The molecule has 5 rings (SSSR count).